The van der Waals surface area contributed by atoms with Crippen molar-refractivity contribution in [3.63, 3.8) is 0 Å². The molecule has 5 rings (SSSR count). The summed E-state index contributed by atoms with van der Waals surface area (Å²) in [4.78, 5) is 28.8. The third-order valence-corrected chi connectivity index (χ3v) is 7.12. The lowest BCUT2D eigenvalue weighted by atomic mass is 10.00. The third kappa shape index (κ3) is 6.18. The van der Waals surface area contributed by atoms with Gasteiger partial charge in [0.2, 0.25) is 5.95 Å². The SMILES string of the molecule is CC(C)(C)OC(=O)N1CCCCC1CCNc1nc(Nc2cc(Br)cc(C#N)c2)c2ncn(C3CC3)c2n1. The molecule has 1 saturated carbocycles. The van der Waals surface area contributed by atoms with Gasteiger partial charge in [0.15, 0.2) is 17.0 Å². The molecule has 0 radical (unpaired) electrons. The summed E-state index contributed by atoms with van der Waals surface area (Å²) in [6.07, 6.45) is 7.61. The lowest BCUT2D eigenvalue weighted by Gasteiger charge is -2.36. The fourth-order valence-electron chi connectivity index (χ4n) is 4.78. The summed E-state index contributed by atoms with van der Waals surface area (Å²) in [5.74, 6) is 1.07. The number of hydrogen-bond acceptors (Lipinski definition) is 8. The van der Waals surface area contributed by atoms with Gasteiger partial charge in [0.05, 0.1) is 18.0 Å². The number of anilines is 3. The molecular weight excluding hydrogens is 548 g/mol. The average Bonchev–Trinajstić information content (AvgIpc) is 3.61. The van der Waals surface area contributed by atoms with E-state index in [0.717, 1.165) is 54.3 Å². The second kappa shape index (κ2) is 10.8. The van der Waals surface area contributed by atoms with Crippen LogP contribution in [0.2, 0.25) is 0 Å². The number of hydrogen-bond donors (Lipinski definition) is 2. The van der Waals surface area contributed by atoms with Crippen molar-refractivity contribution in [1.82, 2.24) is 24.4 Å². The number of nitrogens with one attached hydrogen (secondary N) is 2. The van der Waals surface area contributed by atoms with Crippen LogP contribution in [0, 0.1) is 11.3 Å². The standard InChI is InChI=1S/C27H33BrN8O2/c1-27(2,3)38-26(37)35-11-5-4-6-20(35)9-10-30-25-33-23(32-19-13-17(15-29)12-18(28)14-19)22-24(34-25)36(16-31-22)21-7-8-21/h12-14,16,20-21H,4-11H2,1-3H3,(H2,30,32,33,34). The van der Waals surface area contributed by atoms with E-state index in [1.807, 2.05) is 38.1 Å². The highest BCUT2D eigenvalue weighted by Gasteiger charge is 2.30. The predicted molar refractivity (Wildman–Crippen MR) is 149 cm³/mol. The first-order chi connectivity index (χ1) is 18.2. The Kier molecular flexibility index (Phi) is 7.43. The van der Waals surface area contributed by atoms with E-state index in [1.54, 1.807) is 12.1 Å². The van der Waals surface area contributed by atoms with E-state index in [4.69, 9.17) is 14.7 Å². The van der Waals surface area contributed by atoms with Gasteiger partial charge < -0.3 is 24.8 Å². The van der Waals surface area contributed by atoms with Crippen molar-refractivity contribution in [2.75, 3.05) is 23.7 Å². The Balaban J connectivity index is 1.35. The van der Waals surface area contributed by atoms with Crippen LogP contribution < -0.4 is 10.6 Å². The number of halogens is 1. The van der Waals surface area contributed by atoms with Gasteiger partial charge in [0, 0.05) is 35.3 Å². The molecule has 1 amide bonds. The number of likely N-dealkylation sites (tertiary alicyclic amines) is 1. The molecule has 1 aromatic carbocycles. The maximum atomic E-state index is 12.8. The summed E-state index contributed by atoms with van der Waals surface area (Å²) >= 11 is 3.47. The van der Waals surface area contributed by atoms with Gasteiger partial charge in [-0.1, -0.05) is 15.9 Å². The van der Waals surface area contributed by atoms with Gasteiger partial charge in [0.25, 0.3) is 0 Å². The summed E-state index contributed by atoms with van der Waals surface area (Å²) in [5.41, 5.74) is 2.21. The van der Waals surface area contributed by atoms with Crippen molar-refractivity contribution in [2.45, 2.75) is 77.0 Å². The van der Waals surface area contributed by atoms with Crippen molar-refractivity contribution >= 4 is 50.6 Å². The van der Waals surface area contributed by atoms with Gasteiger partial charge in [-0.05, 0) is 77.5 Å². The number of amides is 1. The number of benzene rings is 1. The van der Waals surface area contributed by atoms with Crippen LogP contribution in [0.3, 0.4) is 0 Å². The van der Waals surface area contributed by atoms with Crippen molar-refractivity contribution in [3.05, 3.63) is 34.6 Å². The highest BCUT2D eigenvalue weighted by molar-refractivity contribution is 9.10. The second-order valence-corrected chi connectivity index (χ2v) is 11.9. The Bertz CT molecular complexity index is 1370. The smallest absolute Gasteiger partial charge is 0.410 e. The number of ether oxygens (including phenoxy) is 1. The molecule has 2 aromatic heterocycles. The molecule has 2 aliphatic rings. The number of aromatic nitrogens is 4. The topological polar surface area (TPSA) is 121 Å². The van der Waals surface area contributed by atoms with Gasteiger partial charge in [-0.15, -0.1) is 0 Å². The Morgan fingerprint density at radius 3 is 2.76 bits per heavy atom. The lowest BCUT2D eigenvalue weighted by Crippen LogP contribution is -2.46. The predicted octanol–water partition coefficient (Wildman–Crippen LogP) is 6.13. The van der Waals surface area contributed by atoms with E-state index in [9.17, 15) is 10.1 Å². The molecule has 2 N–H and O–H groups in total. The minimum atomic E-state index is -0.517. The summed E-state index contributed by atoms with van der Waals surface area (Å²) in [7, 11) is 0. The Labute approximate surface area is 230 Å². The van der Waals surface area contributed by atoms with Gasteiger partial charge in [-0.2, -0.15) is 15.2 Å². The fraction of sp³-hybridized carbons (Fsp3) is 0.519. The summed E-state index contributed by atoms with van der Waals surface area (Å²) < 4.78 is 8.56. The van der Waals surface area contributed by atoms with Crippen LogP contribution in [0.15, 0.2) is 29.0 Å². The van der Waals surface area contributed by atoms with Crippen LogP contribution in [0.1, 0.15) is 70.9 Å². The quantitative estimate of drug-likeness (QED) is 0.342. The van der Waals surface area contributed by atoms with Crippen molar-refractivity contribution in [2.24, 2.45) is 0 Å². The van der Waals surface area contributed by atoms with E-state index < -0.39 is 5.60 Å². The molecule has 1 aliphatic heterocycles. The van der Waals surface area contributed by atoms with Crippen LogP contribution in [0.25, 0.3) is 11.2 Å². The molecule has 1 atom stereocenters. The fourth-order valence-corrected chi connectivity index (χ4v) is 5.27. The number of fused-ring (bicyclic) bond motifs is 1. The zero-order valence-electron chi connectivity index (χ0n) is 22.0. The molecule has 2 fully saturated rings. The molecule has 1 unspecified atom stereocenters. The van der Waals surface area contributed by atoms with E-state index in [-0.39, 0.29) is 12.1 Å². The van der Waals surface area contributed by atoms with Crippen LogP contribution >= 0.6 is 15.9 Å². The molecule has 0 bridgehead atoms. The monoisotopic (exact) mass is 580 g/mol. The maximum absolute atomic E-state index is 12.8. The molecule has 3 heterocycles. The molecule has 1 aliphatic carbocycles. The van der Waals surface area contributed by atoms with Gasteiger partial charge in [0.1, 0.15) is 5.60 Å². The molecule has 3 aromatic rings. The first kappa shape index (κ1) is 26.2. The summed E-state index contributed by atoms with van der Waals surface area (Å²) in [5, 5.41) is 16.1. The normalized spacial score (nSPS) is 17.8. The van der Waals surface area contributed by atoms with Crippen LogP contribution in [0.4, 0.5) is 22.2 Å². The zero-order valence-corrected chi connectivity index (χ0v) is 23.6. The largest absolute Gasteiger partial charge is 0.444 e. The van der Waals surface area contributed by atoms with Crippen LogP contribution in [0.5, 0.6) is 0 Å². The second-order valence-electron chi connectivity index (χ2n) is 11.0. The van der Waals surface area contributed by atoms with Crippen LogP contribution in [-0.2, 0) is 4.74 Å². The molecule has 11 heteroatoms. The Morgan fingerprint density at radius 1 is 1.21 bits per heavy atom. The highest BCUT2D eigenvalue weighted by Crippen LogP contribution is 2.38. The van der Waals surface area contributed by atoms with E-state index in [2.05, 4.69) is 42.2 Å². The molecule has 10 nitrogen and oxygen atoms in total. The highest BCUT2D eigenvalue weighted by atomic mass is 79.9. The van der Waals surface area contributed by atoms with Gasteiger partial charge in [-0.25, -0.2) is 9.78 Å². The van der Waals surface area contributed by atoms with Gasteiger partial charge in [-0.3, -0.25) is 0 Å². The van der Waals surface area contributed by atoms with E-state index in [0.29, 0.717) is 42.0 Å². The number of nitrogens with zero attached hydrogens (tertiary/aromatic N) is 6. The molecule has 1 saturated heterocycles. The van der Waals surface area contributed by atoms with E-state index in [1.165, 1.54) is 0 Å². The van der Waals surface area contributed by atoms with Gasteiger partial charge >= 0.3 is 6.09 Å². The molecular formula is C27H33BrN8O2. The number of piperidine rings is 1. The first-order valence-electron chi connectivity index (χ1n) is 13.2. The Morgan fingerprint density at radius 2 is 2.03 bits per heavy atom. The molecule has 38 heavy (non-hydrogen) atoms. The number of nitriles is 1. The van der Waals surface area contributed by atoms with E-state index >= 15 is 0 Å². The van der Waals surface area contributed by atoms with Crippen LogP contribution in [-0.4, -0.2) is 55.2 Å². The number of rotatable bonds is 7. The molecule has 0 spiro atoms. The summed E-state index contributed by atoms with van der Waals surface area (Å²) in [6.45, 7) is 7.01. The third-order valence-electron chi connectivity index (χ3n) is 6.67. The minimum Gasteiger partial charge on any atom is -0.444 e. The first-order valence-corrected chi connectivity index (χ1v) is 14.0. The average molecular weight is 582 g/mol. The maximum Gasteiger partial charge on any atom is 0.410 e. The molecule has 200 valence electrons. The Hall–Kier alpha value is -3.39. The van der Waals surface area contributed by atoms with Crippen molar-refractivity contribution in [1.29, 1.82) is 5.26 Å². The number of imidazole rings is 1. The zero-order chi connectivity index (χ0) is 26.9. The van der Waals surface area contributed by atoms with Crippen molar-refractivity contribution < 1.29 is 9.53 Å². The number of carbonyl (C=O) groups is 1. The lowest BCUT2D eigenvalue weighted by molar-refractivity contribution is 0.00929. The number of carbonyl (C=O) groups excluding carboxylic acids is 1. The van der Waals surface area contributed by atoms with Crippen molar-refractivity contribution in [3.8, 4) is 6.07 Å². The minimum absolute atomic E-state index is 0.107. The summed E-state index contributed by atoms with van der Waals surface area (Å²) in [6, 6.07) is 8.14.